The molecule has 1 N–H and O–H groups in total. The predicted octanol–water partition coefficient (Wildman–Crippen LogP) is 5.57. The first-order valence-electron chi connectivity index (χ1n) is 11.5. The van der Waals surface area contributed by atoms with Crippen molar-refractivity contribution < 1.29 is 19.1 Å². The van der Waals surface area contributed by atoms with Crippen LogP contribution >= 0.6 is 35.3 Å². The number of thioether (sulfide) groups is 1. The zero-order valence-electron chi connectivity index (χ0n) is 18.0. The highest BCUT2D eigenvalue weighted by Crippen LogP contribution is 2.68. The Hall–Kier alpha value is -2.42. The fourth-order valence-electron chi connectivity index (χ4n) is 6.73. The number of ether oxygens (including phenoxy) is 2. The molecule has 0 spiro atoms. The third kappa shape index (κ3) is 3.08. The molecule has 172 valence electrons. The number of benzene rings is 2. The van der Waals surface area contributed by atoms with Crippen LogP contribution in [-0.2, 0) is 20.9 Å². The van der Waals surface area contributed by atoms with Crippen LogP contribution in [0.15, 0.2) is 59.6 Å². The summed E-state index contributed by atoms with van der Waals surface area (Å²) in [4.78, 5) is 29.7. The third-order valence-corrected chi connectivity index (χ3v) is 10.9. The van der Waals surface area contributed by atoms with E-state index in [2.05, 4.69) is 29.2 Å². The maximum absolute atomic E-state index is 12.6. The molecule has 2 saturated carbocycles. The first-order valence-corrected chi connectivity index (χ1v) is 13.6. The van der Waals surface area contributed by atoms with Crippen molar-refractivity contribution in [2.24, 2.45) is 29.6 Å². The van der Waals surface area contributed by atoms with E-state index in [1.54, 1.807) is 11.3 Å². The van der Waals surface area contributed by atoms with Crippen molar-refractivity contribution in [3.63, 3.8) is 0 Å². The summed E-state index contributed by atoms with van der Waals surface area (Å²) in [6, 6.07) is 18.5. The lowest BCUT2D eigenvalue weighted by atomic mass is 9.68. The number of rotatable bonds is 4. The SMILES string of the molecule is O=C1OC(=O)C2C3CC(C4Sc5[nH]c(=S)sc5C(c5cccc(OCc6ccccc6)c5)C34)C12. The Kier molecular flexibility index (Phi) is 4.80. The molecule has 7 atom stereocenters. The van der Waals surface area contributed by atoms with Gasteiger partial charge in [-0.2, -0.15) is 0 Å². The Morgan fingerprint density at radius 2 is 1.82 bits per heavy atom. The lowest BCUT2D eigenvalue weighted by Crippen LogP contribution is -2.42. The Labute approximate surface area is 209 Å². The van der Waals surface area contributed by atoms with E-state index in [0.717, 1.165) is 26.7 Å². The Morgan fingerprint density at radius 3 is 2.65 bits per heavy atom. The van der Waals surface area contributed by atoms with Gasteiger partial charge in [0.25, 0.3) is 0 Å². The minimum atomic E-state index is -0.322. The summed E-state index contributed by atoms with van der Waals surface area (Å²) in [5, 5.41) is 1.37. The molecule has 1 aromatic heterocycles. The number of thiazole rings is 1. The average Bonchev–Trinajstić information content (AvgIpc) is 3.58. The van der Waals surface area contributed by atoms with Crippen LogP contribution in [0.25, 0.3) is 0 Å². The number of hydrogen-bond donors (Lipinski definition) is 1. The number of fused-ring (bicyclic) bond motifs is 9. The quantitative estimate of drug-likeness (QED) is 0.283. The minimum absolute atomic E-state index is 0.110. The van der Waals surface area contributed by atoms with E-state index < -0.39 is 0 Å². The molecular weight excluding hydrogens is 486 g/mol. The molecule has 3 aromatic rings. The van der Waals surface area contributed by atoms with E-state index in [1.807, 2.05) is 42.1 Å². The Morgan fingerprint density at radius 1 is 1.03 bits per heavy atom. The van der Waals surface area contributed by atoms with Crippen LogP contribution in [0, 0.1) is 33.5 Å². The van der Waals surface area contributed by atoms with Crippen LogP contribution in [0.1, 0.15) is 28.3 Å². The molecule has 2 bridgehead atoms. The maximum Gasteiger partial charge on any atom is 0.317 e. The zero-order valence-corrected chi connectivity index (χ0v) is 20.5. The van der Waals surface area contributed by atoms with Crippen LogP contribution < -0.4 is 4.74 Å². The second-order valence-corrected chi connectivity index (χ2v) is 12.5. The number of aromatic amines is 1. The highest BCUT2D eigenvalue weighted by Gasteiger charge is 2.69. The molecule has 3 fully saturated rings. The van der Waals surface area contributed by atoms with Crippen LogP contribution in [0.3, 0.4) is 0 Å². The van der Waals surface area contributed by atoms with Gasteiger partial charge in [-0.1, -0.05) is 42.5 Å². The number of carbonyl (C=O) groups is 2. The van der Waals surface area contributed by atoms with Gasteiger partial charge in [0.15, 0.2) is 3.95 Å². The van der Waals surface area contributed by atoms with E-state index in [-0.39, 0.29) is 52.7 Å². The molecule has 5 nitrogen and oxygen atoms in total. The van der Waals surface area contributed by atoms with E-state index in [9.17, 15) is 9.59 Å². The van der Waals surface area contributed by atoms with Gasteiger partial charge in [0.1, 0.15) is 12.4 Å². The lowest BCUT2D eigenvalue weighted by molar-refractivity contribution is -0.154. The number of H-pyrrole nitrogens is 1. The van der Waals surface area contributed by atoms with E-state index in [1.165, 1.54) is 10.4 Å². The van der Waals surface area contributed by atoms with Gasteiger partial charge < -0.3 is 14.5 Å². The van der Waals surface area contributed by atoms with Gasteiger partial charge in [0.2, 0.25) is 0 Å². The van der Waals surface area contributed by atoms with Gasteiger partial charge in [-0.25, -0.2) is 0 Å². The molecular formula is C26H21NO4S3. The number of hydrogen-bond acceptors (Lipinski definition) is 7. The second kappa shape index (κ2) is 7.80. The van der Waals surface area contributed by atoms with Crippen molar-refractivity contribution in [2.45, 2.75) is 29.2 Å². The van der Waals surface area contributed by atoms with Crippen LogP contribution in [0.4, 0.5) is 0 Å². The number of nitrogens with one attached hydrogen (secondary N) is 1. The number of carbonyl (C=O) groups excluding carboxylic acids is 2. The van der Waals surface area contributed by atoms with E-state index in [4.69, 9.17) is 21.7 Å². The molecule has 3 heterocycles. The Balaban J connectivity index is 1.27. The normalized spacial score (nSPS) is 32.8. The van der Waals surface area contributed by atoms with Gasteiger partial charge in [-0.3, -0.25) is 9.59 Å². The monoisotopic (exact) mass is 507 g/mol. The molecule has 7 rings (SSSR count). The fraction of sp³-hybridized carbons (Fsp3) is 0.346. The van der Waals surface area contributed by atoms with Crippen molar-refractivity contribution in [1.82, 2.24) is 4.98 Å². The molecule has 8 heteroatoms. The summed E-state index contributed by atoms with van der Waals surface area (Å²) in [6.45, 7) is 0.508. The summed E-state index contributed by atoms with van der Waals surface area (Å²) in [5.74, 6) is 0.285. The number of aromatic nitrogens is 1. The van der Waals surface area contributed by atoms with Crippen LogP contribution in [0.2, 0.25) is 0 Å². The Bertz CT molecular complexity index is 1370. The summed E-state index contributed by atoms with van der Waals surface area (Å²) in [6.07, 6.45) is 0.912. The first kappa shape index (κ1) is 20.9. The molecule has 0 radical (unpaired) electrons. The van der Waals surface area contributed by atoms with Gasteiger partial charge in [-0.15, -0.1) is 23.1 Å². The molecule has 34 heavy (non-hydrogen) atoms. The first-order chi connectivity index (χ1) is 16.6. The summed E-state index contributed by atoms with van der Waals surface area (Å²) < 4.78 is 12.0. The molecule has 7 unspecified atom stereocenters. The summed E-state index contributed by atoms with van der Waals surface area (Å²) in [7, 11) is 0. The number of cyclic esters (lactones) is 2. The zero-order chi connectivity index (χ0) is 23.0. The van der Waals surface area contributed by atoms with Crippen LogP contribution in [-0.4, -0.2) is 22.2 Å². The lowest BCUT2D eigenvalue weighted by Gasteiger charge is -2.42. The van der Waals surface area contributed by atoms with E-state index in [0.29, 0.717) is 6.61 Å². The predicted molar refractivity (Wildman–Crippen MR) is 131 cm³/mol. The summed E-state index contributed by atoms with van der Waals surface area (Å²) >= 11 is 8.96. The highest BCUT2D eigenvalue weighted by atomic mass is 32.2. The van der Waals surface area contributed by atoms with Crippen molar-refractivity contribution in [3.8, 4) is 5.75 Å². The van der Waals surface area contributed by atoms with Crippen molar-refractivity contribution in [2.75, 3.05) is 0 Å². The van der Waals surface area contributed by atoms with Gasteiger partial charge >= 0.3 is 11.9 Å². The van der Waals surface area contributed by atoms with E-state index >= 15 is 0 Å². The molecule has 2 aliphatic heterocycles. The highest BCUT2D eigenvalue weighted by molar-refractivity contribution is 8.00. The molecule has 2 aromatic carbocycles. The van der Waals surface area contributed by atoms with Gasteiger partial charge in [0, 0.05) is 16.0 Å². The third-order valence-electron chi connectivity index (χ3n) is 7.92. The van der Waals surface area contributed by atoms with Crippen molar-refractivity contribution >= 4 is 47.3 Å². The smallest absolute Gasteiger partial charge is 0.317 e. The molecule has 1 saturated heterocycles. The number of esters is 2. The molecule has 0 amide bonds. The fourth-order valence-corrected chi connectivity index (χ4v) is 10.1. The molecule has 2 aliphatic carbocycles. The minimum Gasteiger partial charge on any atom is -0.489 e. The van der Waals surface area contributed by atoms with Gasteiger partial charge in [0.05, 0.1) is 16.9 Å². The van der Waals surface area contributed by atoms with Crippen LogP contribution in [0.5, 0.6) is 5.75 Å². The molecule has 4 aliphatic rings. The standard InChI is InChI=1S/C26H21NO4S3/c28-24-19-15-10-16(20(19)25(29)31-24)21-18(15)17(22-23(33-21)27-26(32)34-22)13-7-4-8-14(9-13)30-11-12-5-2-1-3-6-12/h1-9,15-21H,10-11H2,(H,27,32). The topological polar surface area (TPSA) is 68.4 Å². The largest absolute Gasteiger partial charge is 0.489 e. The average molecular weight is 508 g/mol. The summed E-state index contributed by atoms with van der Waals surface area (Å²) in [5.41, 5.74) is 2.30. The van der Waals surface area contributed by atoms with Gasteiger partial charge in [-0.05, 0) is 59.7 Å². The van der Waals surface area contributed by atoms with Crippen molar-refractivity contribution in [1.29, 1.82) is 0 Å². The van der Waals surface area contributed by atoms with Crippen molar-refractivity contribution in [3.05, 3.63) is 74.6 Å². The maximum atomic E-state index is 12.6. The second-order valence-electron chi connectivity index (χ2n) is 9.55.